The van der Waals surface area contributed by atoms with Crippen LogP contribution in [-0.4, -0.2) is 76.7 Å². The van der Waals surface area contributed by atoms with E-state index in [2.05, 4.69) is 6.92 Å². The molecule has 0 radical (unpaired) electrons. The van der Waals surface area contributed by atoms with Crippen LogP contribution in [0.4, 0.5) is 0 Å². The molecule has 0 spiro atoms. The number of thiocarbonyl (C=S) groups is 1. The quantitative estimate of drug-likeness (QED) is 0.289. The maximum absolute atomic E-state index is 13.5. The molecule has 1 unspecified atom stereocenters. The van der Waals surface area contributed by atoms with Crippen molar-refractivity contribution in [2.24, 2.45) is 5.92 Å². The van der Waals surface area contributed by atoms with Crippen molar-refractivity contribution in [1.29, 1.82) is 0 Å². The molecule has 0 bridgehead atoms. The van der Waals surface area contributed by atoms with Gasteiger partial charge >= 0.3 is 0 Å². The summed E-state index contributed by atoms with van der Waals surface area (Å²) in [7, 11) is -6.89. The van der Waals surface area contributed by atoms with Crippen molar-refractivity contribution in [3.05, 3.63) is 71.3 Å². The number of carbonyl (C=O) groups is 1. The van der Waals surface area contributed by atoms with E-state index in [1.54, 1.807) is 45.5 Å². The summed E-state index contributed by atoms with van der Waals surface area (Å²) >= 11 is 6.63. The van der Waals surface area contributed by atoms with Crippen LogP contribution in [0.2, 0.25) is 0 Å². The lowest BCUT2D eigenvalue weighted by Crippen LogP contribution is -2.39. The molecule has 6 rings (SSSR count). The van der Waals surface area contributed by atoms with Crippen LogP contribution in [-0.2, 0) is 24.7 Å². The molecule has 1 aromatic heterocycles. The Labute approximate surface area is 255 Å². The normalized spacial score (nSPS) is 22.8. The Bertz CT molecular complexity index is 1790. The zero-order valence-corrected chi connectivity index (χ0v) is 26.2. The molecule has 3 aromatic rings. The van der Waals surface area contributed by atoms with Gasteiger partial charge in [0.1, 0.15) is 10.0 Å². The molecule has 220 valence electrons. The van der Waals surface area contributed by atoms with Crippen LogP contribution in [0.3, 0.4) is 0 Å². The second-order valence-electron chi connectivity index (χ2n) is 10.9. The van der Waals surface area contributed by atoms with Crippen LogP contribution in [0.1, 0.15) is 31.7 Å². The number of nitrogens with zero attached hydrogens (tertiary/aromatic N) is 4. The fourth-order valence-corrected chi connectivity index (χ4v) is 10.1. The standard InChI is InChI=1S/C29H30N4O5S4/c1-20-10-13-31(14-11-20)42(37,38)25-9-5-6-21(16-25)27-22(18-32(30-27)23-7-3-2-4-8-23)17-26-28(34)33(29(39)40-26)24-12-15-41(35,36)19-24/h2-9,16-18,20,24H,10-15,19H2,1H3. The minimum absolute atomic E-state index is 0.0392. The van der Waals surface area contributed by atoms with Crippen LogP contribution in [0.15, 0.2) is 70.6 Å². The average molecular weight is 643 g/mol. The van der Waals surface area contributed by atoms with E-state index in [0.29, 0.717) is 51.5 Å². The number of hydrogen-bond acceptors (Lipinski definition) is 8. The fourth-order valence-electron chi connectivity index (χ4n) is 5.52. The number of para-hydroxylation sites is 1. The molecule has 42 heavy (non-hydrogen) atoms. The van der Waals surface area contributed by atoms with Crippen molar-refractivity contribution in [3.63, 3.8) is 0 Å². The largest absolute Gasteiger partial charge is 0.289 e. The SMILES string of the molecule is CC1CCN(S(=O)(=O)c2cccc(-c3nn(-c4ccccc4)cc3C=C3SC(=S)N(C4CCS(=O)(=O)C4)C3=O)c2)CC1. The van der Waals surface area contributed by atoms with Gasteiger partial charge in [0.2, 0.25) is 10.0 Å². The molecule has 4 heterocycles. The summed E-state index contributed by atoms with van der Waals surface area (Å²) in [5.74, 6) is 0.109. The summed E-state index contributed by atoms with van der Waals surface area (Å²) in [6.07, 6.45) is 5.52. The predicted molar refractivity (Wildman–Crippen MR) is 168 cm³/mol. The van der Waals surface area contributed by atoms with Gasteiger partial charge < -0.3 is 0 Å². The van der Waals surface area contributed by atoms with E-state index in [0.717, 1.165) is 30.3 Å². The van der Waals surface area contributed by atoms with Crippen LogP contribution in [0.5, 0.6) is 0 Å². The van der Waals surface area contributed by atoms with E-state index in [1.807, 2.05) is 30.3 Å². The fraction of sp³-hybridized carbons (Fsp3) is 0.345. The third-order valence-corrected chi connectivity index (χ3v) is 12.9. The highest BCUT2D eigenvalue weighted by molar-refractivity contribution is 8.26. The first-order chi connectivity index (χ1) is 20.0. The lowest BCUT2D eigenvalue weighted by atomic mass is 10.0. The Morgan fingerprint density at radius 2 is 1.79 bits per heavy atom. The third kappa shape index (κ3) is 5.72. The van der Waals surface area contributed by atoms with E-state index in [1.165, 1.54) is 4.90 Å². The zero-order valence-electron chi connectivity index (χ0n) is 22.9. The predicted octanol–water partition coefficient (Wildman–Crippen LogP) is 4.35. The number of carbonyl (C=O) groups excluding carboxylic acids is 1. The number of hydrogen-bond donors (Lipinski definition) is 0. The van der Waals surface area contributed by atoms with Crippen LogP contribution in [0.25, 0.3) is 23.0 Å². The van der Waals surface area contributed by atoms with Crippen molar-refractivity contribution in [2.45, 2.75) is 37.1 Å². The topological polar surface area (TPSA) is 110 Å². The molecule has 0 aliphatic carbocycles. The highest BCUT2D eigenvalue weighted by Gasteiger charge is 2.42. The molecular formula is C29H30N4O5S4. The molecule has 0 N–H and O–H groups in total. The van der Waals surface area contributed by atoms with Crippen molar-refractivity contribution in [1.82, 2.24) is 19.0 Å². The molecule has 3 aliphatic rings. The highest BCUT2D eigenvalue weighted by atomic mass is 32.2. The summed E-state index contributed by atoms with van der Waals surface area (Å²) in [6.45, 7) is 3.12. The Kier molecular flexibility index (Phi) is 7.90. The Balaban J connectivity index is 1.39. The van der Waals surface area contributed by atoms with Gasteiger partial charge in [-0.1, -0.05) is 61.2 Å². The minimum Gasteiger partial charge on any atom is -0.289 e. The average Bonchev–Trinajstić information content (AvgIpc) is 3.64. The summed E-state index contributed by atoms with van der Waals surface area (Å²) < 4.78 is 54.8. The number of aromatic nitrogens is 2. The van der Waals surface area contributed by atoms with E-state index in [9.17, 15) is 21.6 Å². The van der Waals surface area contributed by atoms with E-state index < -0.39 is 25.9 Å². The molecule has 13 heteroatoms. The smallest absolute Gasteiger partial charge is 0.266 e. The second kappa shape index (κ2) is 11.3. The number of amides is 1. The van der Waals surface area contributed by atoms with Crippen LogP contribution in [0, 0.1) is 5.92 Å². The maximum atomic E-state index is 13.5. The third-order valence-electron chi connectivity index (χ3n) is 7.93. The van der Waals surface area contributed by atoms with Gasteiger partial charge in [-0.05, 0) is 55.5 Å². The molecule has 9 nitrogen and oxygen atoms in total. The molecule has 3 saturated heterocycles. The summed E-state index contributed by atoms with van der Waals surface area (Å²) in [5.41, 5.74) is 2.52. The van der Waals surface area contributed by atoms with Gasteiger partial charge in [-0.25, -0.2) is 21.5 Å². The zero-order chi connectivity index (χ0) is 29.6. The number of thioether (sulfide) groups is 1. The number of sulfone groups is 1. The van der Waals surface area contributed by atoms with Gasteiger partial charge in [-0.15, -0.1) is 0 Å². The lowest BCUT2D eigenvalue weighted by molar-refractivity contribution is -0.123. The minimum atomic E-state index is -3.69. The van der Waals surface area contributed by atoms with Gasteiger partial charge in [0, 0.05) is 30.4 Å². The van der Waals surface area contributed by atoms with E-state index in [4.69, 9.17) is 17.3 Å². The molecule has 3 fully saturated rings. The second-order valence-corrected chi connectivity index (χ2v) is 16.8. The summed E-state index contributed by atoms with van der Waals surface area (Å²) in [4.78, 5) is 15.5. The first-order valence-electron chi connectivity index (χ1n) is 13.7. The maximum Gasteiger partial charge on any atom is 0.266 e. The first kappa shape index (κ1) is 29.2. The van der Waals surface area contributed by atoms with Gasteiger partial charge in [-0.3, -0.25) is 9.69 Å². The van der Waals surface area contributed by atoms with Crippen molar-refractivity contribution < 1.29 is 21.6 Å². The molecule has 1 atom stereocenters. The Morgan fingerprint density at radius 1 is 1.05 bits per heavy atom. The summed E-state index contributed by atoms with van der Waals surface area (Å²) in [5, 5.41) is 4.82. The summed E-state index contributed by atoms with van der Waals surface area (Å²) in [6, 6.07) is 15.8. The molecule has 2 aromatic carbocycles. The lowest BCUT2D eigenvalue weighted by Gasteiger charge is -2.29. The Hall–Kier alpha value is -2.84. The molecule has 3 aliphatic heterocycles. The van der Waals surface area contributed by atoms with Crippen molar-refractivity contribution in [2.75, 3.05) is 24.6 Å². The van der Waals surface area contributed by atoms with Gasteiger partial charge in [0.25, 0.3) is 5.91 Å². The van der Waals surface area contributed by atoms with E-state index >= 15 is 0 Å². The Morgan fingerprint density at radius 3 is 2.48 bits per heavy atom. The van der Waals surface area contributed by atoms with Crippen molar-refractivity contribution >= 4 is 60.1 Å². The van der Waals surface area contributed by atoms with Crippen molar-refractivity contribution in [3.8, 4) is 16.9 Å². The van der Waals surface area contributed by atoms with Crippen LogP contribution >= 0.6 is 24.0 Å². The van der Waals surface area contributed by atoms with Crippen LogP contribution < -0.4 is 0 Å². The number of benzene rings is 2. The molecule has 1 amide bonds. The molecular weight excluding hydrogens is 613 g/mol. The van der Waals surface area contributed by atoms with Gasteiger partial charge in [0.05, 0.1) is 33.0 Å². The monoisotopic (exact) mass is 642 g/mol. The van der Waals surface area contributed by atoms with E-state index in [-0.39, 0.29) is 22.3 Å². The van der Waals surface area contributed by atoms with Gasteiger partial charge in [0.15, 0.2) is 9.84 Å². The number of piperidine rings is 1. The number of sulfonamides is 1. The first-order valence-corrected chi connectivity index (χ1v) is 18.2. The highest BCUT2D eigenvalue weighted by Crippen LogP contribution is 2.38. The number of rotatable bonds is 6. The molecule has 0 saturated carbocycles. The van der Waals surface area contributed by atoms with Gasteiger partial charge in [-0.2, -0.15) is 9.40 Å².